The first kappa shape index (κ1) is 19.2. The Labute approximate surface area is 167 Å². The molecule has 0 spiro atoms. The van der Waals surface area contributed by atoms with Gasteiger partial charge < -0.3 is 0 Å². The van der Waals surface area contributed by atoms with Crippen molar-refractivity contribution in [1.82, 2.24) is 0 Å². The Balaban J connectivity index is 2.81. The van der Waals surface area contributed by atoms with E-state index in [0.29, 0.717) is 0 Å². The van der Waals surface area contributed by atoms with Crippen LogP contribution in [0.25, 0.3) is 0 Å². The van der Waals surface area contributed by atoms with E-state index >= 15 is 0 Å². The highest BCUT2D eigenvalue weighted by Crippen LogP contribution is 2.83. The van der Waals surface area contributed by atoms with E-state index in [1.165, 1.54) is 0 Å². The average molecular weight is 483 g/mol. The molecule has 2 aliphatic rings. The maximum Gasteiger partial charge on any atom is 0.138 e. The van der Waals surface area contributed by atoms with Crippen LogP contribution in [-0.4, -0.2) is 29.6 Å². The highest BCUT2D eigenvalue weighted by molar-refractivity contribution is 6.58. The third kappa shape index (κ3) is 1.97. The molecular weight excluding hydrogens is 475 g/mol. The van der Waals surface area contributed by atoms with E-state index in [9.17, 15) is 0 Å². The number of alkyl halides is 10. The summed E-state index contributed by atoms with van der Waals surface area (Å²) in [7, 11) is 0. The molecule has 0 aromatic rings. The van der Waals surface area contributed by atoms with E-state index in [1.807, 2.05) is 0 Å². The second-order valence-corrected chi connectivity index (χ2v) is 11.0. The lowest BCUT2D eigenvalue weighted by molar-refractivity contribution is 0.137. The number of rotatable bonds is 3. The maximum atomic E-state index is 6.47. The molecular formula is C10H8Cl10. The van der Waals surface area contributed by atoms with Crippen LogP contribution in [0.15, 0.2) is 0 Å². The number of halogens is 10. The van der Waals surface area contributed by atoms with Crippen molar-refractivity contribution in [2.45, 2.75) is 30.1 Å². The van der Waals surface area contributed by atoms with Crippen LogP contribution < -0.4 is 0 Å². The first-order chi connectivity index (χ1) is 8.94. The zero-order chi connectivity index (χ0) is 15.7. The Morgan fingerprint density at radius 1 is 0.950 bits per heavy atom. The van der Waals surface area contributed by atoms with Crippen molar-refractivity contribution in [3.63, 3.8) is 0 Å². The van der Waals surface area contributed by atoms with E-state index in [-0.39, 0.29) is 12.3 Å². The molecule has 0 heterocycles. The minimum atomic E-state index is -1.40. The molecule has 4 atom stereocenters. The molecule has 2 rings (SSSR count). The summed E-state index contributed by atoms with van der Waals surface area (Å²) >= 11 is 63.2. The van der Waals surface area contributed by atoms with Gasteiger partial charge in [-0.15, -0.1) is 92.8 Å². The first-order valence-corrected chi connectivity index (χ1v) is 9.69. The molecule has 20 heavy (non-hydrogen) atoms. The molecule has 10 heteroatoms. The Morgan fingerprint density at radius 2 is 1.45 bits per heavy atom. The van der Waals surface area contributed by atoms with Gasteiger partial charge >= 0.3 is 0 Å². The van der Waals surface area contributed by atoms with Crippen molar-refractivity contribution in [3.8, 4) is 0 Å². The third-order valence-electron chi connectivity index (χ3n) is 4.61. The summed E-state index contributed by atoms with van der Waals surface area (Å²) < 4.78 is -2.80. The molecule has 2 aliphatic carbocycles. The summed E-state index contributed by atoms with van der Waals surface area (Å²) in [5.74, 6) is -0.579. The van der Waals surface area contributed by atoms with Gasteiger partial charge in [0, 0.05) is 17.2 Å². The molecule has 2 fully saturated rings. The molecule has 0 aromatic carbocycles. The van der Waals surface area contributed by atoms with Crippen LogP contribution >= 0.6 is 116 Å². The maximum absolute atomic E-state index is 6.47. The van der Waals surface area contributed by atoms with Crippen molar-refractivity contribution < 1.29 is 0 Å². The third-order valence-corrected chi connectivity index (χ3v) is 9.33. The predicted molar refractivity (Wildman–Crippen MR) is 93.2 cm³/mol. The van der Waals surface area contributed by atoms with Gasteiger partial charge in [0.05, 0.1) is 10.8 Å². The fraction of sp³-hybridized carbons (Fsp3) is 1.00. The van der Waals surface area contributed by atoms with Crippen LogP contribution in [0.2, 0.25) is 0 Å². The monoisotopic (exact) mass is 478 g/mol. The molecule has 0 saturated heterocycles. The van der Waals surface area contributed by atoms with Crippen molar-refractivity contribution in [3.05, 3.63) is 0 Å². The lowest BCUT2D eigenvalue weighted by Gasteiger charge is -2.50. The van der Waals surface area contributed by atoms with Gasteiger partial charge in [-0.2, -0.15) is 0 Å². The second kappa shape index (κ2) is 5.72. The van der Waals surface area contributed by atoms with E-state index in [1.54, 1.807) is 0 Å². The number of fused-ring (bicyclic) bond motifs is 2. The second-order valence-electron chi connectivity index (χ2n) is 5.14. The zero-order valence-electron chi connectivity index (χ0n) is 9.50. The minimum Gasteiger partial charge on any atom is -0.126 e. The van der Waals surface area contributed by atoms with Gasteiger partial charge in [-0.25, -0.2) is 0 Å². The fourth-order valence-electron chi connectivity index (χ4n) is 3.69. The summed E-state index contributed by atoms with van der Waals surface area (Å²) in [6, 6.07) is 0. The molecule has 0 aromatic heterocycles. The quantitative estimate of drug-likeness (QED) is 0.388. The molecule has 2 bridgehead atoms. The smallest absolute Gasteiger partial charge is 0.126 e. The largest absolute Gasteiger partial charge is 0.138 e. The van der Waals surface area contributed by atoms with Crippen molar-refractivity contribution in [2.24, 2.45) is 16.7 Å². The lowest BCUT2D eigenvalue weighted by atomic mass is 9.69. The summed E-state index contributed by atoms with van der Waals surface area (Å²) in [5.41, 5.74) is -2.46. The number of hydrogen-bond acceptors (Lipinski definition) is 0. The van der Waals surface area contributed by atoms with Crippen LogP contribution in [0.5, 0.6) is 0 Å². The summed E-state index contributed by atoms with van der Waals surface area (Å²) in [6.45, 7) is 0. The van der Waals surface area contributed by atoms with Gasteiger partial charge in [0.1, 0.15) is 18.3 Å². The minimum absolute atomic E-state index is 0.0309. The van der Waals surface area contributed by atoms with E-state index < -0.39 is 40.5 Å². The molecule has 2 saturated carbocycles. The van der Waals surface area contributed by atoms with Crippen LogP contribution in [-0.2, 0) is 0 Å². The van der Waals surface area contributed by atoms with Crippen molar-refractivity contribution >= 4 is 116 Å². The van der Waals surface area contributed by atoms with Crippen LogP contribution in [0.1, 0.15) is 6.42 Å². The number of hydrogen-bond donors (Lipinski definition) is 0. The van der Waals surface area contributed by atoms with E-state index in [2.05, 4.69) is 0 Å². The predicted octanol–water partition coefficient (Wildman–Crippen LogP) is 6.79. The van der Waals surface area contributed by atoms with Gasteiger partial charge in [-0.3, -0.25) is 0 Å². The Hall–Kier alpha value is 2.90. The molecule has 2 unspecified atom stereocenters. The van der Waals surface area contributed by atoms with Gasteiger partial charge in [0.2, 0.25) is 0 Å². The van der Waals surface area contributed by atoms with Gasteiger partial charge in [0.15, 0.2) is 0 Å². The highest BCUT2D eigenvalue weighted by atomic mass is 35.5. The summed E-state index contributed by atoms with van der Waals surface area (Å²) in [6.07, 6.45) is 0.185. The average Bonchev–Trinajstić information content (AvgIpc) is 2.61. The van der Waals surface area contributed by atoms with E-state index in [4.69, 9.17) is 116 Å². The highest BCUT2D eigenvalue weighted by Gasteiger charge is 2.87. The summed E-state index contributed by atoms with van der Waals surface area (Å²) in [5, 5.41) is -0.967. The van der Waals surface area contributed by atoms with Crippen molar-refractivity contribution in [1.29, 1.82) is 0 Å². The molecule has 0 N–H and O–H groups in total. The van der Waals surface area contributed by atoms with Gasteiger partial charge in [-0.1, -0.05) is 23.2 Å². The molecule has 118 valence electrons. The SMILES string of the molecule is ClCC1(C(Cl)Cl)[C@H]2CC(Cl)(Cl)C1(C(Cl)Cl)[C@@H](Cl)C2(Cl)Cl. The van der Waals surface area contributed by atoms with Crippen molar-refractivity contribution in [2.75, 3.05) is 5.88 Å². The molecule has 0 aliphatic heterocycles. The standard InChI is InChI=1S/C10H8Cl10/c11-2-7(5(13)14)3-1-8(17,18)9(7,6(15)16)4(12)10(3,19)20/h3-6H,1-2H2/t3-,4-,7?,9?/m1/s1. The Morgan fingerprint density at radius 3 is 1.75 bits per heavy atom. The zero-order valence-corrected chi connectivity index (χ0v) is 17.1. The normalized spacial score (nSPS) is 45.6. The van der Waals surface area contributed by atoms with Crippen LogP contribution in [0, 0.1) is 16.7 Å². The summed E-state index contributed by atoms with van der Waals surface area (Å²) in [4.78, 5) is -2.10. The Kier molecular flexibility index (Phi) is 5.50. The molecule has 0 nitrogen and oxygen atoms in total. The van der Waals surface area contributed by atoms with Gasteiger partial charge in [0.25, 0.3) is 0 Å². The molecule has 0 radical (unpaired) electrons. The molecule has 0 amide bonds. The fourth-order valence-corrected chi connectivity index (χ4v) is 9.37. The Bertz CT molecular complexity index is 407. The lowest BCUT2D eigenvalue weighted by Crippen LogP contribution is -2.59. The topological polar surface area (TPSA) is 0 Å². The van der Waals surface area contributed by atoms with E-state index in [0.717, 1.165) is 0 Å². The first-order valence-electron chi connectivity index (χ1n) is 5.46. The van der Waals surface area contributed by atoms with Crippen LogP contribution in [0.4, 0.5) is 0 Å². The van der Waals surface area contributed by atoms with Crippen LogP contribution in [0.3, 0.4) is 0 Å². The van der Waals surface area contributed by atoms with Gasteiger partial charge in [-0.05, 0) is 6.42 Å².